The minimum absolute atomic E-state index is 0.0315. The first-order valence-electron chi connectivity index (χ1n) is 10.3. The number of guanidine groups is 1. The summed E-state index contributed by atoms with van der Waals surface area (Å²) in [7, 11) is 3.48. The van der Waals surface area contributed by atoms with Crippen LogP contribution < -0.4 is 10.6 Å². The SMILES string of the molecule is Cc1[nH]c2ccccc2c1CCNC(=NCC(=O)N(C)C)NC(C)c1ccccc1. The lowest BCUT2D eigenvalue weighted by atomic mass is 10.1. The average molecular weight is 406 g/mol. The van der Waals surface area contributed by atoms with Crippen molar-refractivity contribution >= 4 is 22.8 Å². The van der Waals surface area contributed by atoms with Crippen LogP contribution in [0.5, 0.6) is 0 Å². The van der Waals surface area contributed by atoms with Crippen LogP contribution >= 0.6 is 0 Å². The molecule has 2 aromatic carbocycles. The lowest BCUT2D eigenvalue weighted by Crippen LogP contribution is -2.40. The number of aromatic nitrogens is 1. The van der Waals surface area contributed by atoms with Crippen molar-refractivity contribution in [1.82, 2.24) is 20.5 Å². The second-order valence-corrected chi connectivity index (χ2v) is 7.68. The minimum atomic E-state index is -0.0315. The molecule has 1 unspecified atom stereocenters. The van der Waals surface area contributed by atoms with Gasteiger partial charge < -0.3 is 20.5 Å². The molecule has 3 aromatic rings. The summed E-state index contributed by atoms with van der Waals surface area (Å²) >= 11 is 0. The van der Waals surface area contributed by atoms with Crippen molar-refractivity contribution in [2.24, 2.45) is 4.99 Å². The van der Waals surface area contributed by atoms with Crippen LogP contribution in [0.15, 0.2) is 59.6 Å². The van der Waals surface area contributed by atoms with Crippen LogP contribution in [0.3, 0.4) is 0 Å². The van der Waals surface area contributed by atoms with Gasteiger partial charge in [-0.3, -0.25) is 4.79 Å². The third-order valence-electron chi connectivity index (χ3n) is 5.22. The summed E-state index contributed by atoms with van der Waals surface area (Å²) in [6.45, 7) is 5.02. The number of hydrogen-bond donors (Lipinski definition) is 3. The van der Waals surface area contributed by atoms with Crippen molar-refractivity contribution in [1.29, 1.82) is 0 Å². The number of aromatic amines is 1. The molecule has 0 aliphatic carbocycles. The number of nitrogens with one attached hydrogen (secondary N) is 3. The van der Waals surface area contributed by atoms with E-state index < -0.39 is 0 Å². The standard InChI is InChI=1S/C24H31N5O/c1-17(19-10-6-5-7-11-19)28-24(26-16-23(30)29(3)4)25-15-14-20-18(2)27-22-13-9-8-12-21(20)22/h5-13,17,27H,14-16H2,1-4H3,(H2,25,26,28). The number of fused-ring (bicyclic) bond motifs is 1. The van der Waals surface area contributed by atoms with Gasteiger partial charge in [0.05, 0.1) is 6.04 Å². The molecule has 1 aromatic heterocycles. The Hall–Kier alpha value is -3.28. The number of hydrogen-bond acceptors (Lipinski definition) is 2. The predicted molar refractivity (Wildman–Crippen MR) is 124 cm³/mol. The monoisotopic (exact) mass is 405 g/mol. The first-order chi connectivity index (χ1) is 14.5. The molecular formula is C24H31N5O. The largest absolute Gasteiger partial charge is 0.358 e. The van der Waals surface area contributed by atoms with Crippen LogP contribution in [0, 0.1) is 6.92 Å². The van der Waals surface area contributed by atoms with Crippen molar-refractivity contribution < 1.29 is 4.79 Å². The van der Waals surface area contributed by atoms with Crippen LogP contribution in [0.1, 0.15) is 29.8 Å². The van der Waals surface area contributed by atoms with E-state index in [1.165, 1.54) is 22.2 Å². The van der Waals surface area contributed by atoms with Gasteiger partial charge in [0.1, 0.15) is 6.54 Å². The van der Waals surface area contributed by atoms with E-state index in [0.29, 0.717) is 12.5 Å². The van der Waals surface area contributed by atoms with E-state index in [1.807, 2.05) is 24.3 Å². The zero-order valence-corrected chi connectivity index (χ0v) is 18.2. The number of para-hydroxylation sites is 1. The highest BCUT2D eigenvalue weighted by atomic mass is 16.2. The maximum Gasteiger partial charge on any atom is 0.243 e. The van der Waals surface area contributed by atoms with E-state index in [1.54, 1.807) is 19.0 Å². The zero-order valence-electron chi connectivity index (χ0n) is 18.2. The van der Waals surface area contributed by atoms with Crippen molar-refractivity contribution in [3.05, 3.63) is 71.4 Å². The van der Waals surface area contributed by atoms with Crippen molar-refractivity contribution in [2.75, 3.05) is 27.2 Å². The molecule has 1 amide bonds. The maximum absolute atomic E-state index is 12.0. The normalized spacial score (nSPS) is 12.6. The average Bonchev–Trinajstić information content (AvgIpc) is 3.07. The van der Waals surface area contributed by atoms with E-state index in [9.17, 15) is 4.79 Å². The number of aryl methyl sites for hydroxylation is 1. The molecule has 1 atom stereocenters. The number of H-pyrrole nitrogens is 1. The minimum Gasteiger partial charge on any atom is -0.358 e. The van der Waals surface area contributed by atoms with Crippen LogP contribution in [-0.2, 0) is 11.2 Å². The molecule has 0 fully saturated rings. The van der Waals surface area contributed by atoms with Gasteiger partial charge in [0.15, 0.2) is 5.96 Å². The quantitative estimate of drug-likeness (QED) is 0.417. The van der Waals surface area contributed by atoms with Gasteiger partial charge in [-0.05, 0) is 37.5 Å². The number of nitrogens with zero attached hydrogens (tertiary/aromatic N) is 2. The second kappa shape index (κ2) is 9.96. The summed E-state index contributed by atoms with van der Waals surface area (Å²) in [5.41, 5.74) is 4.81. The highest BCUT2D eigenvalue weighted by molar-refractivity contribution is 5.86. The fourth-order valence-corrected chi connectivity index (χ4v) is 3.43. The Morgan fingerprint density at radius 3 is 2.53 bits per heavy atom. The van der Waals surface area contributed by atoms with E-state index in [0.717, 1.165) is 11.9 Å². The molecule has 6 heteroatoms. The molecule has 0 bridgehead atoms. The van der Waals surface area contributed by atoms with Gasteiger partial charge in [-0.2, -0.15) is 0 Å². The summed E-state index contributed by atoms with van der Waals surface area (Å²) < 4.78 is 0. The summed E-state index contributed by atoms with van der Waals surface area (Å²) in [5.74, 6) is 0.606. The molecule has 0 saturated carbocycles. The number of aliphatic imine (C=N–C) groups is 1. The molecule has 0 aliphatic rings. The Bertz CT molecular complexity index is 1010. The van der Waals surface area contributed by atoms with Gasteiger partial charge in [-0.1, -0.05) is 48.5 Å². The molecule has 3 N–H and O–H groups in total. The van der Waals surface area contributed by atoms with Gasteiger partial charge >= 0.3 is 0 Å². The predicted octanol–water partition coefficient (Wildman–Crippen LogP) is 3.40. The summed E-state index contributed by atoms with van der Waals surface area (Å²) in [5, 5.41) is 8.07. The molecular weight excluding hydrogens is 374 g/mol. The van der Waals surface area contributed by atoms with Crippen LogP contribution in [-0.4, -0.2) is 48.9 Å². The molecule has 0 saturated heterocycles. The van der Waals surface area contributed by atoms with E-state index in [-0.39, 0.29) is 18.5 Å². The van der Waals surface area contributed by atoms with Gasteiger partial charge in [0, 0.05) is 37.2 Å². The molecule has 6 nitrogen and oxygen atoms in total. The number of carbonyl (C=O) groups excluding carboxylic acids is 1. The number of amides is 1. The summed E-state index contributed by atoms with van der Waals surface area (Å²) in [6, 6.07) is 18.6. The zero-order chi connectivity index (χ0) is 21.5. The van der Waals surface area contributed by atoms with Crippen LogP contribution in [0.2, 0.25) is 0 Å². The lowest BCUT2D eigenvalue weighted by Gasteiger charge is -2.19. The molecule has 1 heterocycles. The topological polar surface area (TPSA) is 72.5 Å². The molecule has 0 spiro atoms. The second-order valence-electron chi connectivity index (χ2n) is 7.68. The summed E-state index contributed by atoms with van der Waals surface area (Å²) in [6.07, 6.45) is 0.859. The van der Waals surface area contributed by atoms with Crippen molar-refractivity contribution in [3.8, 4) is 0 Å². The molecule has 0 radical (unpaired) electrons. The van der Waals surface area contributed by atoms with E-state index >= 15 is 0 Å². The molecule has 158 valence electrons. The number of rotatable bonds is 7. The highest BCUT2D eigenvalue weighted by Gasteiger charge is 2.11. The fourth-order valence-electron chi connectivity index (χ4n) is 3.43. The van der Waals surface area contributed by atoms with Gasteiger partial charge in [-0.25, -0.2) is 4.99 Å². The maximum atomic E-state index is 12.0. The van der Waals surface area contributed by atoms with Gasteiger partial charge in [0.2, 0.25) is 5.91 Å². The van der Waals surface area contributed by atoms with Crippen molar-refractivity contribution in [2.45, 2.75) is 26.3 Å². The Morgan fingerprint density at radius 2 is 1.80 bits per heavy atom. The molecule has 0 aliphatic heterocycles. The fraction of sp³-hybridized carbons (Fsp3) is 0.333. The van der Waals surface area contributed by atoms with Crippen LogP contribution in [0.4, 0.5) is 0 Å². The molecule has 3 rings (SSSR count). The third kappa shape index (κ3) is 5.41. The first kappa shape index (κ1) is 21.4. The first-order valence-corrected chi connectivity index (χ1v) is 10.3. The highest BCUT2D eigenvalue weighted by Crippen LogP contribution is 2.21. The van der Waals surface area contributed by atoms with Crippen molar-refractivity contribution in [3.63, 3.8) is 0 Å². The smallest absolute Gasteiger partial charge is 0.243 e. The van der Waals surface area contributed by atoms with E-state index in [2.05, 4.69) is 64.8 Å². The Balaban J connectivity index is 1.69. The van der Waals surface area contributed by atoms with Gasteiger partial charge in [-0.15, -0.1) is 0 Å². The third-order valence-corrected chi connectivity index (χ3v) is 5.22. The Labute approximate surface area is 178 Å². The van der Waals surface area contributed by atoms with Crippen LogP contribution in [0.25, 0.3) is 10.9 Å². The summed E-state index contributed by atoms with van der Waals surface area (Å²) in [4.78, 5) is 21.5. The lowest BCUT2D eigenvalue weighted by molar-refractivity contribution is -0.127. The Morgan fingerprint density at radius 1 is 1.10 bits per heavy atom. The number of carbonyl (C=O) groups is 1. The molecule has 30 heavy (non-hydrogen) atoms. The number of likely N-dealkylation sites (N-methyl/N-ethyl adjacent to an activating group) is 1. The van der Waals surface area contributed by atoms with E-state index in [4.69, 9.17) is 0 Å². The Kier molecular flexibility index (Phi) is 7.12. The number of benzene rings is 2. The van der Waals surface area contributed by atoms with Gasteiger partial charge in [0.25, 0.3) is 0 Å².